The van der Waals surface area contributed by atoms with Crippen molar-refractivity contribution in [3.8, 4) is 17.0 Å². The van der Waals surface area contributed by atoms with Crippen LogP contribution in [0.2, 0.25) is 0 Å². The molecule has 12 nitrogen and oxygen atoms in total. The van der Waals surface area contributed by atoms with Crippen LogP contribution in [-0.2, 0) is 24.9 Å². The summed E-state index contributed by atoms with van der Waals surface area (Å²) in [6, 6.07) is 21.3. The molecular formula is C34H36N8O4. The molecule has 1 aliphatic heterocycles. The molecule has 1 aliphatic rings. The van der Waals surface area contributed by atoms with Gasteiger partial charge in [0.1, 0.15) is 11.6 Å². The molecule has 4 heterocycles. The number of imidazole rings is 1. The number of piperazine rings is 1. The first-order valence-corrected chi connectivity index (χ1v) is 15.4. The molecule has 236 valence electrons. The van der Waals surface area contributed by atoms with Crippen LogP contribution in [0, 0.1) is 0 Å². The number of ether oxygens (including phenoxy) is 1. The molecule has 3 aromatic heterocycles. The molecule has 0 atom stereocenters. The van der Waals surface area contributed by atoms with Crippen molar-refractivity contribution in [2.24, 2.45) is 7.05 Å². The fourth-order valence-electron chi connectivity index (χ4n) is 5.62. The summed E-state index contributed by atoms with van der Waals surface area (Å²) in [5, 5.41) is 8.79. The number of carbonyl (C=O) groups is 1. The van der Waals surface area contributed by atoms with Crippen LogP contribution >= 0.6 is 0 Å². The van der Waals surface area contributed by atoms with Crippen LogP contribution in [0.1, 0.15) is 25.2 Å². The minimum Gasteiger partial charge on any atom is -0.484 e. The molecule has 0 saturated carbocycles. The van der Waals surface area contributed by atoms with E-state index >= 15 is 0 Å². The monoisotopic (exact) mass is 620 g/mol. The number of aryl methyl sites for hydroxylation is 2. The average molecular weight is 621 g/mol. The lowest BCUT2D eigenvalue weighted by Crippen LogP contribution is -2.50. The highest BCUT2D eigenvalue weighted by atomic mass is 16.5. The first kappa shape index (κ1) is 30.5. The average Bonchev–Trinajstić information content (AvgIpc) is 3.43. The van der Waals surface area contributed by atoms with Crippen LogP contribution in [0.25, 0.3) is 34.6 Å². The van der Waals surface area contributed by atoms with Gasteiger partial charge in [0.05, 0.1) is 5.69 Å². The van der Waals surface area contributed by atoms with E-state index in [1.54, 1.807) is 18.5 Å². The summed E-state index contributed by atoms with van der Waals surface area (Å²) in [6.45, 7) is 6.79. The summed E-state index contributed by atoms with van der Waals surface area (Å²) in [5.41, 5.74) is 2.82. The molecule has 0 radical (unpaired) electrons. The molecule has 5 aromatic rings. The van der Waals surface area contributed by atoms with Gasteiger partial charge in [-0.05, 0) is 49.8 Å². The van der Waals surface area contributed by atoms with Crippen LogP contribution in [0.3, 0.4) is 0 Å². The molecule has 2 aromatic carbocycles. The number of nitrogens with zero attached hydrogens (tertiary/aromatic N) is 8. The molecule has 46 heavy (non-hydrogen) atoms. The van der Waals surface area contributed by atoms with Gasteiger partial charge in [-0.25, -0.2) is 9.78 Å². The maximum Gasteiger partial charge on any atom is 0.332 e. The van der Waals surface area contributed by atoms with Gasteiger partial charge in [-0.3, -0.25) is 18.7 Å². The molecule has 0 unspecified atom stereocenters. The molecule has 0 spiro atoms. The summed E-state index contributed by atoms with van der Waals surface area (Å²) in [5.74, 6) is 1.88. The quantitative estimate of drug-likeness (QED) is 0.246. The topological polar surface area (TPSA) is 120 Å². The Balaban J connectivity index is 1.03. The van der Waals surface area contributed by atoms with Crippen LogP contribution in [0.4, 0.5) is 5.82 Å². The number of benzene rings is 2. The largest absolute Gasteiger partial charge is 0.484 e. The second kappa shape index (κ2) is 13.2. The number of anilines is 1. The summed E-state index contributed by atoms with van der Waals surface area (Å²) in [4.78, 5) is 47.1. The molecule has 6 rings (SSSR count). The zero-order valence-electron chi connectivity index (χ0n) is 26.2. The number of aromatic nitrogens is 6. The van der Waals surface area contributed by atoms with Crippen LogP contribution in [-0.4, -0.2) is 72.5 Å². The van der Waals surface area contributed by atoms with Crippen LogP contribution < -0.4 is 20.9 Å². The van der Waals surface area contributed by atoms with Crippen LogP contribution in [0.15, 0.2) is 76.3 Å². The van der Waals surface area contributed by atoms with Gasteiger partial charge in [0.25, 0.3) is 11.5 Å². The van der Waals surface area contributed by atoms with Crippen molar-refractivity contribution in [1.29, 1.82) is 0 Å². The minimum atomic E-state index is -0.354. The van der Waals surface area contributed by atoms with Crippen molar-refractivity contribution in [1.82, 2.24) is 33.8 Å². The predicted molar refractivity (Wildman–Crippen MR) is 178 cm³/mol. The first-order valence-electron chi connectivity index (χ1n) is 15.4. The fraction of sp³-hybridized carbons (Fsp3) is 0.294. The highest BCUT2D eigenvalue weighted by Crippen LogP contribution is 2.20. The van der Waals surface area contributed by atoms with E-state index in [9.17, 15) is 14.4 Å². The summed E-state index contributed by atoms with van der Waals surface area (Å²) < 4.78 is 10.3. The fourth-order valence-corrected chi connectivity index (χ4v) is 5.62. The number of amides is 1. The third kappa shape index (κ3) is 6.06. The molecule has 1 fully saturated rings. The number of fused-ring (bicyclic) bond motifs is 1. The van der Waals surface area contributed by atoms with Crippen molar-refractivity contribution < 1.29 is 9.53 Å². The summed E-state index contributed by atoms with van der Waals surface area (Å²) in [6.07, 6.45) is 3.68. The second-order valence-corrected chi connectivity index (χ2v) is 11.0. The first-order chi connectivity index (χ1) is 22.4. The molecule has 1 amide bonds. The lowest BCUT2D eigenvalue weighted by atomic mass is 10.1. The highest BCUT2D eigenvalue weighted by Gasteiger charge is 2.23. The third-order valence-corrected chi connectivity index (χ3v) is 8.25. The summed E-state index contributed by atoms with van der Waals surface area (Å²) >= 11 is 0. The summed E-state index contributed by atoms with van der Waals surface area (Å²) in [7, 11) is 1.77. The Kier molecular flexibility index (Phi) is 8.77. The maximum absolute atomic E-state index is 12.9. The Morgan fingerprint density at radius 2 is 1.57 bits per heavy atom. The molecule has 12 heteroatoms. The van der Waals surface area contributed by atoms with E-state index in [4.69, 9.17) is 4.74 Å². The van der Waals surface area contributed by atoms with E-state index in [1.165, 1.54) is 9.13 Å². The van der Waals surface area contributed by atoms with Gasteiger partial charge >= 0.3 is 5.69 Å². The Morgan fingerprint density at radius 3 is 2.22 bits per heavy atom. The lowest BCUT2D eigenvalue weighted by Gasteiger charge is -2.35. The lowest BCUT2D eigenvalue weighted by molar-refractivity contribution is -0.133. The van der Waals surface area contributed by atoms with E-state index in [1.807, 2.05) is 90.7 Å². The standard InChI is InChI=1S/C34H36N8O4/c1-4-41-32-31(33(44)42(5-2)34(41)45)38(3)28(35-32)17-13-24-11-14-26(15-12-24)46-23-30(43)40-21-19-39(20-22-40)29-18-16-27(36-37-29)25-9-7-6-8-10-25/h6-18H,4-5,19-23H2,1-3H3/b17-13+. The van der Waals surface area contributed by atoms with Gasteiger partial charge in [-0.2, -0.15) is 0 Å². The Morgan fingerprint density at radius 1 is 0.848 bits per heavy atom. The third-order valence-electron chi connectivity index (χ3n) is 8.25. The van der Waals surface area contributed by atoms with Gasteiger partial charge < -0.3 is 19.1 Å². The number of hydrogen-bond donors (Lipinski definition) is 0. The second-order valence-electron chi connectivity index (χ2n) is 11.0. The van der Waals surface area contributed by atoms with E-state index in [2.05, 4.69) is 20.1 Å². The van der Waals surface area contributed by atoms with Crippen molar-refractivity contribution in [3.05, 3.63) is 99.0 Å². The van der Waals surface area contributed by atoms with E-state index in [-0.39, 0.29) is 23.8 Å². The van der Waals surface area contributed by atoms with Crippen molar-refractivity contribution >= 4 is 35.0 Å². The Hall–Kier alpha value is -5.52. The van der Waals surface area contributed by atoms with Crippen molar-refractivity contribution in [2.75, 3.05) is 37.7 Å². The highest BCUT2D eigenvalue weighted by molar-refractivity contribution is 5.78. The van der Waals surface area contributed by atoms with Crippen molar-refractivity contribution in [3.63, 3.8) is 0 Å². The van der Waals surface area contributed by atoms with Crippen LogP contribution in [0.5, 0.6) is 5.75 Å². The van der Waals surface area contributed by atoms with Crippen molar-refractivity contribution in [2.45, 2.75) is 26.9 Å². The molecule has 1 saturated heterocycles. The maximum atomic E-state index is 12.9. The Bertz CT molecular complexity index is 1990. The molecule has 0 N–H and O–H groups in total. The predicted octanol–water partition coefficient (Wildman–Crippen LogP) is 3.29. The van der Waals surface area contributed by atoms with Gasteiger partial charge in [-0.15, -0.1) is 10.2 Å². The zero-order chi connectivity index (χ0) is 32.2. The zero-order valence-corrected chi connectivity index (χ0v) is 26.2. The Labute approximate surface area is 265 Å². The molecular weight excluding hydrogens is 584 g/mol. The van der Waals surface area contributed by atoms with E-state index < -0.39 is 0 Å². The smallest absolute Gasteiger partial charge is 0.332 e. The van der Waals surface area contributed by atoms with E-state index in [0.717, 1.165) is 22.6 Å². The minimum absolute atomic E-state index is 0.0466. The van der Waals surface area contributed by atoms with Gasteiger partial charge in [0, 0.05) is 51.9 Å². The molecule has 0 bridgehead atoms. The number of hydrogen-bond acceptors (Lipinski definition) is 8. The SMILES string of the molecule is CCn1c(=O)c2c(nc(/C=C/c3ccc(OCC(=O)N4CCN(c5ccc(-c6ccccc6)nn5)CC4)cc3)n2C)n(CC)c1=O. The normalized spacial score (nSPS) is 13.5. The number of rotatable bonds is 9. The van der Waals surface area contributed by atoms with E-state index in [0.29, 0.717) is 62.0 Å². The molecule has 0 aliphatic carbocycles. The van der Waals surface area contributed by atoms with Gasteiger partial charge in [0.15, 0.2) is 23.6 Å². The van der Waals surface area contributed by atoms with Gasteiger partial charge in [-0.1, -0.05) is 48.5 Å². The number of carbonyl (C=O) groups excluding carboxylic acids is 1. The van der Waals surface area contributed by atoms with Gasteiger partial charge in [0.2, 0.25) is 0 Å².